The first-order valence-electron chi connectivity index (χ1n) is 5.77. The van der Waals surface area contributed by atoms with E-state index in [0.717, 1.165) is 18.1 Å². The normalized spacial score (nSPS) is 43.5. The minimum Gasteiger partial charge on any atom is -0.395 e. The molecule has 98 valence electrons. The van der Waals surface area contributed by atoms with Gasteiger partial charge in [0, 0.05) is 6.54 Å². The third-order valence-electron chi connectivity index (χ3n) is 2.88. The van der Waals surface area contributed by atoms with E-state index in [9.17, 15) is 10.2 Å². The minimum absolute atomic E-state index is 0.112. The predicted molar refractivity (Wildman–Crippen MR) is 71.4 cm³/mol. The number of aliphatic hydroxyl groups is 3. The van der Waals surface area contributed by atoms with Crippen molar-refractivity contribution in [3.05, 3.63) is 0 Å². The number of thioether (sulfide) groups is 2. The van der Waals surface area contributed by atoms with Crippen molar-refractivity contribution >= 4 is 28.7 Å². The van der Waals surface area contributed by atoms with Gasteiger partial charge in [0.2, 0.25) is 0 Å². The quantitative estimate of drug-likeness (QED) is 0.563. The molecule has 0 bridgehead atoms. The lowest BCUT2D eigenvalue weighted by molar-refractivity contribution is -0.00916. The topological polar surface area (TPSA) is 85.1 Å². The largest absolute Gasteiger partial charge is 0.395 e. The van der Waals surface area contributed by atoms with Gasteiger partial charge in [0.1, 0.15) is 6.10 Å². The molecule has 4 N–H and O–H groups in total. The summed E-state index contributed by atoms with van der Waals surface area (Å²) in [7, 11) is 0. The van der Waals surface area contributed by atoms with E-state index in [4.69, 9.17) is 5.11 Å². The van der Waals surface area contributed by atoms with E-state index in [1.54, 1.807) is 11.8 Å². The Kier molecular flexibility index (Phi) is 4.59. The lowest BCUT2D eigenvalue weighted by Crippen LogP contribution is -2.56. The fourth-order valence-electron chi connectivity index (χ4n) is 1.92. The molecule has 7 heteroatoms. The molecule has 5 atom stereocenters. The molecule has 2 aliphatic heterocycles. The average Bonchev–Trinajstić information content (AvgIpc) is 2.74. The number of fused-ring (bicyclic) bond motifs is 1. The molecule has 0 aliphatic carbocycles. The van der Waals surface area contributed by atoms with Gasteiger partial charge in [0.25, 0.3) is 0 Å². The summed E-state index contributed by atoms with van der Waals surface area (Å²) in [6.07, 6.45) is -0.747. The summed E-state index contributed by atoms with van der Waals surface area (Å²) in [5.74, 6) is 0. The second-order valence-electron chi connectivity index (χ2n) is 4.18. The van der Waals surface area contributed by atoms with Crippen LogP contribution in [0.1, 0.15) is 13.3 Å². The number of aliphatic imine (C=N–C) groups is 1. The van der Waals surface area contributed by atoms with Crippen molar-refractivity contribution in [1.29, 1.82) is 0 Å². The molecule has 0 radical (unpaired) electrons. The van der Waals surface area contributed by atoms with Crippen LogP contribution in [-0.2, 0) is 0 Å². The number of nitrogens with zero attached hydrogens (tertiary/aromatic N) is 1. The molecule has 2 saturated heterocycles. The summed E-state index contributed by atoms with van der Waals surface area (Å²) in [5.41, 5.74) is 0. The molecule has 5 nitrogen and oxygen atoms in total. The fourth-order valence-corrected chi connectivity index (χ4v) is 4.96. The highest BCUT2D eigenvalue weighted by atomic mass is 32.2. The smallest absolute Gasteiger partial charge is 0.158 e. The number of nitrogens with one attached hydrogen (secondary N) is 1. The van der Waals surface area contributed by atoms with Gasteiger partial charge in [0.15, 0.2) is 5.17 Å². The molecule has 0 aromatic rings. The van der Waals surface area contributed by atoms with Crippen molar-refractivity contribution < 1.29 is 15.3 Å². The van der Waals surface area contributed by atoms with Crippen LogP contribution in [-0.4, -0.2) is 61.7 Å². The maximum Gasteiger partial charge on any atom is 0.158 e. The number of hydrogen-bond acceptors (Lipinski definition) is 6. The first kappa shape index (κ1) is 13.5. The monoisotopic (exact) mass is 278 g/mol. The Morgan fingerprint density at radius 1 is 1.35 bits per heavy atom. The lowest BCUT2D eigenvalue weighted by atomic mass is 10.0. The Labute approximate surface area is 109 Å². The van der Waals surface area contributed by atoms with Crippen LogP contribution in [0.5, 0.6) is 0 Å². The van der Waals surface area contributed by atoms with Gasteiger partial charge in [-0.1, -0.05) is 18.7 Å². The first-order valence-corrected chi connectivity index (χ1v) is 7.59. The molecular formula is C10H18N2O3S2. The second-order valence-corrected chi connectivity index (χ2v) is 7.00. The second kappa shape index (κ2) is 5.79. The highest BCUT2D eigenvalue weighted by molar-refractivity contribution is 8.25. The summed E-state index contributed by atoms with van der Waals surface area (Å²) in [6.45, 7) is 2.71. The van der Waals surface area contributed by atoms with Gasteiger partial charge in [-0.2, -0.15) is 0 Å². The zero-order valence-corrected chi connectivity index (χ0v) is 11.2. The third-order valence-corrected chi connectivity index (χ3v) is 5.83. The highest BCUT2D eigenvalue weighted by Crippen LogP contribution is 2.42. The number of amidine groups is 1. The zero-order chi connectivity index (χ0) is 12.4. The van der Waals surface area contributed by atoms with Gasteiger partial charge in [-0.05, 0) is 6.42 Å². The van der Waals surface area contributed by atoms with Gasteiger partial charge in [-0.3, -0.25) is 4.99 Å². The molecule has 0 aromatic carbocycles. The Morgan fingerprint density at radius 3 is 2.76 bits per heavy atom. The Bertz CT molecular complexity index is 303. The molecule has 0 aromatic heterocycles. The number of aliphatic hydroxyl groups excluding tert-OH is 3. The highest BCUT2D eigenvalue weighted by Gasteiger charge is 2.48. The van der Waals surface area contributed by atoms with Gasteiger partial charge in [-0.25, -0.2) is 0 Å². The standard InChI is InChI=1S/C10H18N2O3S2/c1-2-3-11-10-12-6-8(15)7(14)5(4-13)16-9(6)17-10/h5-9,13-15H,2-4H2,1H3,(H,11,12). The van der Waals surface area contributed by atoms with E-state index < -0.39 is 12.2 Å². The zero-order valence-electron chi connectivity index (χ0n) is 9.61. The first-order chi connectivity index (χ1) is 8.17. The molecule has 0 saturated carbocycles. The fraction of sp³-hybridized carbons (Fsp3) is 0.900. The number of rotatable bonds is 3. The van der Waals surface area contributed by atoms with E-state index >= 15 is 0 Å². The van der Waals surface area contributed by atoms with Crippen LogP contribution in [0.15, 0.2) is 4.99 Å². The Balaban J connectivity index is 2.04. The summed E-state index contributed by atoms with van der Waals surface area (Å²) < 4.78 is 0.112. The van der Waals surface area contributed by atoms with Crippen LogP contribution in [0, 0.1) is 0 Å². The van der Waals surface area contributed by atoms with E-state index in [-0.39, 0.29) is 22.5 Å². The summed E-state index contributed by atoms with van der Waals surface area (Å²) in [6, 6.07) is -0.182. The SMILES string of the molecule is CCCN=C1NC2C(S1)SC(CO)C(O)C2O. The number of hydrogen-bond donors (Lipinski definition) is 4. The van der Waals surface area contributed by atoms with Crippen LogP contribution in [0.25, 0.3) is 0 Å². The van der Waals surface area contributed by atoms with Crippen molar-refractivity contribution in [1.82, 2.24) is 5.32 Å². The summed E-state index contributed by atoms with van der Waals surface area (Å²) >= 11 is 3.09. The minimum atomic E-state index is -0.884. The predicted octanol–water partition coefficient (Wildman–Crippen LogP) is -0.387. The van der Waals surface area contributed by atoms with Crippen molar-refractivity contribution in [3.63, 3.8) is 0 Å². The van der Waals surface area contributed by atoms with E-state index in [0.29, 0.717) is 0 Å². The van der Waals surface area contributed by atoms with Gasteiger partial charge in [-0.15, -0.1) is 11.8 Å². The van der Waals surface area contributed by atoms with Crippen LogP contribution >= 0.6 is 23.5 Å². The van der Waals surface area contributed by atoms with E-state index in [2.05, 4.69) is 17.2 Å². The molecule has 2 aliphatic rings. The van der Waals surface area contributed by atoms with E-state index in [1.807, 2.05) is 0 Å². The van der Waals surface area contributed by atoms with Crippen molar-refractivity contribution in [2.24, 2.45) is 4.99 Å². The lowest BCUT2D eigenvalue weighted by Gasteiger charge is -2.37. The molecule has 0 spiro atoms. The maximum atomic E-state index is 9.99. The van der Waals surface area contributed by atoms with Gasteiger partial charge >= 0.3 is 0 Å². The molecule has 2 heterocycles. The Hall–Kier alpha value is 0.0500. The molecule has 2 fully saturated rings. The van der Waals surface area contributed by atoms with Crippen molar-refractivity contribution in [2.45, 2.75) is 41.4 Å². The molecular weight excluding hydrogens is 260 g/mol. The van der Waals surface area contributed by atoms with Gasteiger partial charge in [0.05, 0.1) is 28.6 Å². The van der Waals surface area contributed by atoms with Crippen molar-refractivity contribution in [2.75, 3.05) is 13.2 Å². The summed E-state index contributed by atoms with van der Waals surface area (Å²) in [4.78, 5) is 4.38. The average molecular weight is 278 g/mol. The van der Waals surface area contributed by atoms with Crippen LogP contribution in [0.4, 0.5) is 0 Å². The molecule has 17 heavy (non-hydrogen) atoms. The van der Waals surface area contributed by atoms with E-state index in [1.165, 1.54) is 11.8 Å². The van der Waals surface area contributed by atoms with Gasteiger partial charge < -0.3 is 20.6 Å². The summed E-state index contributed by atoms with van der Waals surface area (Å²) in [5, 5.41) is 32.6. The molecule has 2 rings (SSSR count). The molecule has 5 unspecified atom stereocenters. The Morgan fingerprint density at radius 2 is 2.12 bits per heavy atom. The molecule has 0 amide bonds. The van der Waals surface area contributed by atoms with Crippen LogP contribution in [0.3, 0.4) is 0 Å². The third kappa shape index (κ3) is 2.73. The van der Waals surface area contributed by atoms with Crippen LogP contribution < -0.4 is 5.32 Å². The van der Waals surface area contributed by atoms with Crippen molar-refractivity contribution in [3.8, 4) is 0 Å². The van der Waals surface area contributed by atoms with Crippen LogP contribution in [0.2, 0.25) is 0 Å². The maximum absolute atomic E-state index is 9.99.